The van der Waals surface area contributed by atoms with Gasteiger partial charge in [0.05, 0.1) is 17.5 Å². The van der Waals surface area contributed by atoms with Crippen LogP contribution in [-0.4, -0.2) is 30.9 Å². The molecule has 0 fully saturated rings. The van der Waals surface area contributed by atoms with Gasteiger partial charge in [-0.15, -0.1) is 6.58 Å². The second kappa shape index (κ2) is 8.48. The maximum atomic E-state index is 13.3. The van der Waals surface area contributed by atoms with Gasteiger partial charge in [-0.25, -0.2) is 22.9 Å². The summed E-state index contributed by atoms with van der Waals surface area (Å²) in [4.78, 5) is 8.78. The molecule has 0 saturated heterocycles. The molecule has 1 aromatic carbocycles. The van der Waals surface area contributed by atoms with E-state index in [1.165, 1.54) is 19.2 Å². The predicted molar refractivity (Wildman–Crippen MR) is 100 cm³/mol. The van der Waals surface area contributed by atoms with Gasteiger partial charge in [-0.05, 0) is 36.6 Å². The van der Waals surface area contributed by atoms with E-state index >= 15 is 0 Å². The SMILES string of the molecule is C=CCC(O)c1c(-c2ccc(F)cc2)nc(N(C)S(=O)O)nc1C(C)C. The van der Waals surface area contributed by atoms with E-state index in [0.29, 0.717) is 28.9 Å². The quantitative estimate of drug-likeness (QED) is 0.567. The number of benzene rings is 1. The van der Waals surface area contributed by atoms with Crippen molar-refractivity contribution in [1.82, 2.24) is 9.97 Å². The molecule has 2 aromatic rings. The Morgan fingerprint density at radius 1 is 1.31 bits per heavy atom. The number of aliphatic hydroxyl groups excluding tert-OH is 1. The first-order valence-corrected chi connectivity index (χ1v) is 9.14. The molecule has 2 N–H and O–H groups in total. The van der Waals surface area contributed by atoms with E-state index in [-0.39, 0.29) is 11.9 Å². The van der Waals surface area contributed by atoms with Gasteiger partial charge in [0.1, 0.15) is 5.82 Å². The molecular formula is C18H22FN3O3S. The third kappa shape index (κ3) is 4.32. The second-order valence-electron chi connectivity index (χ2n) is 6.10. The van der Waals surface area contributed by atoms with Crippen molar-refractivity contribution in [2.75, 3.05) is 11.4 Å². The first-order chi connectivity index (χ1) is 12.3. The summed E-state index contributed by atoms with van der Waals surface area (Å²) in [6.45, 7) is 7.46. The van der Waals surface area contributed by atoms with Crippen LogP contribution in [0.15, 0.2) is 36.9 Å². The maximum absolute atomic E-state index is 13.3. The maximum Gasteiger partial charge on any atom is 0.264 e. The Morgan fingerprint density at radius 3 is 2.42 bits per heavy atom. The van der Waals surface area contributed by atoms with E-state index in [2.05, 4.69) is 16.5 Å². The summed E-state index contributed by atoms with van der Waals surface area (Å²) in [5.74, 6) is -0.428. The first kappa shape index (κ1) is 20.2. The second-order valence-corrected chi connectivity index (χ2v) is 7.11. The lowest BCUT2D eigenvalue weighted by atomic mass is 9.93. The number of aromatic nitrogens is 2. The van der Waals surface area contributed by atoms with E-state index in [9.17, 15) is 18.3 Å². The smallest absolute Gasteiger partial charge is 0.264 e. The molecule has 0 aliphatic rings. The van der Waals surface area contributed by atoms with Crippen LogP contribution >= 0.6 is 0 Å². The minimum atomic E-state index is -2.30. The molecule has 0 aliphatic heterocycles. The molecule has 0 saturated carbocycles. The van der Waals surface area contributed by atoms with Crippen molar-refractivity contribution < 1.29 is 18.3 Å². The van der Waals surface area contributed by atoms with Crippen molar-refractivity contribution >= 4 is 17.2 Å². The Labute approximate surface area is 154 Å². The summed E-state index contributed by atoms with van der Waals surface area (Å²) in [6, 6.07) is 5.69. The fraction of sp³-hybridized carbons (Fsp3) is 0.333. The molecule has 0 spiro atoms. The summed E-state index contributed by atoms with van der Waals surface area (Å²) in [7, 11) is 1.39. The summed E-state index contributed by atoms with van der Waals surface area (Å²) < 4.78 is 35.2. The third-order valence-electron chi connectivity index (χ3n) is 3.87. The molecule has 140 valence electrons. The van der Waals surface area contributed by atoms with Gasteiger partial charge in [-0.3, -0.25) is 4.55 Å². The zero-order valence-corrected chi connectivity index (χ0v) is 15.7. The number of halogens is 1. The number of nitrogens with zero attached hydrogens (tertiary/aromatic N) is 3. The fourth-order valence-corrected chi connectivity index (χ4v) is 2.78. The molecular weight excluding hydrogens is 357 g/mol. The standard InChI is InChI=1S/C18H22FN3O3S/c1-5-6-14(23)15-16(11(2)3)20-18(22(4)26(24)25)21-17(15)12-7-9-13(19)10-8-12/h5,7-11,14,23H,1,6H2,2-4H3,(H,24,25). The van der Waals surface area contributed by atoms with Gasteiger partial charge in [0.2, 0.25) is 5.95 Å². The minimum Gasteiger partial charge on any atom is -0.388 e. The summed E-state index contributed by atoms with van der Waals surface area (Å²) >= 11 is -2.30. The average Bonchev–Trinajstić information content (AvgIpc) is 2.60. The summed E-state index contributed by atoms with van der Waals surface area (Å²) in [5, 5.41) is 10.6. The lowest BCUT2D eigenvalue weighted by Gasteiger charge is -2.23. The molecule has 0 radical (unpaired) electrons. The molecule has 2 atom stereocenters. The Balaban J connectivity index is 2.79. The molecule has 2 unspecified atom stereocenters. The zero-order valence-electron chi connectivity index (χ0n) is 14.9. The molecule has 2 rings (SSSR count). The van der Waals surface area contributed by atoms with Crippen LogP contribution in [0.4, 0.5) is 10.3 Å². The van der Waals surface area contributed by atoms with Gasteiger partial charge < -0.3 is 5.11 Å². The van der Waals surface area contributed by atoms with Crippen LogP contribution in [-0.2, 0) is 11.3 Å². The minimum absolute atomic E-state index is 0.0448. The van der Waals surface area contributed by atoms with E-state index in [1.54, 1.807) is 18.2 Å². The number of aliphatic hydroxyl groups is 1. The average molecular weight is 379 g/mol. The topological polar surface area (TPSA) is 86.6 Å². The molecule has 8 heteroatoms. The van der Waals surface area contributed by atoms with E-state index < -0.39 is 23.2 Å². The van der Waals surface area contributed by atoms with Crippen LogP contribution in [0.2, 0.25) is 0 Å². The largest absolute Gasteiger partial charge is 0.388 e. The van der Waals surface area contributed by atoms with Gasteiger partial charge in [-0.1, -0.05) is 19.9 Å². The highest BCUT2D eigenvalue weighted by Gasteiger charge is 2.25. The number of hydrogen-bond acceptors (Lipinski definition) is 4. The van der Waals surface area contributed by atoms with Gasteiger partial charge in [-0.2, -0.15) is 0 Å². The van der Waals surface area contributed by atoms with Crippen molar-refractivity contribution in [3.63, 3.8) is 0 Å². The zero-order chi connectivity index (χ0) is 19.4. The molecule has 0 bridgehead atoms. The summed E-state index contributed by atoms with van der Waals surface area (Å²) in [6.07, 6.45) is 0.980. The van der Waals surface area contributed by atoms with Crippen LogP contribution in [0, 0.1) is 5.82 Å². The van der Waals surface area contributed by atoms with E-state index in [4.69, 9.17) is 0 Å². The van der Waals surface area contributed by atoms with Gasteiger partial charge >= 0.3 is 0 Å². The Hall–Kier alpha value is -2.16. The summed E-state index contributed by atoms with van der Waals surface area (Å²) in [5.41, 5.74) is 2.03. The van der Waals surface area contributed by atoms with Crippen LogP contribution in [0.5, 0.6) is 0 Å². The highest BCUT2D eigenvalue weighted by Crippen LogP contribution is 2.35. The van der Waals surface area contributed by atoms with Crippen molar-refractivity contribution in [3.05, 3.63) is 54.0 Å². The first-order valence-electron chi connectivity index (χ1n) is 8.07. The van der Waals surface area contributed by atoms with Crippen LogP contribution in [0.1, 0.15) is 43.5 Å². The highest BCUT2D eigenvalue weighted by molar-refractivity contribution is 7.80. The molecule has 0 amide bonds. The number of anilines is 1. The fourth-order valence-electron chi connectivity index (χ4n) is 2.56. The highest BCUT2D eigenvalue weighted by atomic mass is 32.2. The Bertz CT molecular complexity index is 812. The third-order valence-corrected chi connectivity index (χ3v) is 4.50. The van der Waals surface area contributed by atoms with Crippen molar-refractivity contribution in [1.29, 1.82) is 0 Å². The number of rotatable bonds is 7. The number of hydrogen-bond donors (Lipinski definition) is 2. The molecule has 26 heavy (non-hydrogen) atoms. The lowest BCUT2D eigenvalue weighted by Crippen LogP contribution is -2.24. The van der Waals surface area contributed by atoms with Crippen molar-refractivity contribution in [3.8, 4) is 11.3 Å². The van der Waals surface area contributed by atoms with Crippen LogP contribution < -0.4 is 4.31 Å². The lowest BCUT2D eigenvalue weighted by molar-refractivity contribution is 0.180. The van der Waals surface area contributed by atoms with E-state index in [1.807, 2.05) is 13.8 Å². The van der Waals surface area contributed by atoms with Crippen LogP contribution in [0.3, 0.4) is 0 Å². The normalized spacial score (nSPS) is 13.5. The molecule has 1 aromatic heterocycles. The van der Waals surface area contributed by atoms with Gasteiger partial charge in [0.15, 0.2) is 0 Å². The predicted octanol–water partition coefficient (Wildman–Crippen LogP) is 3.59. The van der Waals surface area contributed by atoms with Crippen LogP contribution in [0.25, 0.3) is 11.3 Å². The van der Waals surface area contributed by atoms with E-state index in [0.717, 1.165) is 4.31 Å². The van der Waals surface area contributed by atoms with Gasteiger partial charge in [0.25, 0.3) is 11.3 Å². The monoisotopic (exact) mass is 379 g/mol. The van der Waals surface area contributed by atoms with Crippen molar-refractivity contribution in [2.24, 2.45) is 0 Å². The van der Waals surface area contributed by atoms with Gasteiger partial charge in [0, 0.05) is 18.2 Å². The molecule has 0 aliphatic carbocycles. The Morgan fingerprint density at radius 2 is 1.92 bits per heavy atom. The molecule has 6 nitrogen and oxygen atoms in total. The molecule has 1 heterocycles. The Kier molecular flexibility index (Phi) is 6.57. The van der Waals surface area contributed by atoms with Crippen molar-refractivity contribution in [2.45, 2.75) is 32.3 Å².